The van der Waals surface area contributed by atoms with Crippen LogP contribution in [-0.2, 0) is 12.6 Å². The minimum Gasteiger partial charge on any atom is -0.391 e. The first-order valence-electron chi connectivity index (χ1n) is 14.5. The number of aliphatic hydroxyl groups is 1. The summed E-state index contributed by atoms with van der Waals surface area (Å²) in [6.45, 7) is 6.91. The number of aromatic amines is 1. The molecule has 1 aromatic carbocycles. The molecule has 0 unspecified atom stereocenters. The van der Waals surface area contributed by atoms with Crippen molar-refractivity contribution in [2.45, 2.75) is 89.7 Å². The topological polar surface area (TPSA) is 109 Å². The molecule has 0 saturated heterocycles. The lowest BCUT2D eigenvalue weighted by Gasteiger charge is -2.46. The van der Waals surface area contributed by atoms with Gasteiger partial charge >= 0.3 is 6.18 Å². The van der Waals surface area contributed by atoms with E-state index in [-0.39, 0.29) is 11.6 Å². The second-order valence-electron chi connectivity index (χ2n) is 12.4. The van der Waals surface area contributed by atoms with Gasteiger partial charge in [-0.2, -0.15) is 13.2 Å². The van der Waals surface area contributed by atoms with Gasteiger partial charge in [-0.25, -0.2) is 15.0 Å². The number of rotatable bonds is 8. The minimum atomic E-state index is -4.38. The van der Waals surface area contributed by atoms with Crippen molar-refractivity contribution in [3.05, 3.63) is 47.7 Å². The first-order valence-corrected chi connectivity index (χ1v) is 14.5. The van der Waals surface area contributed by atoms with Gasteiger partial charge in [0.2, 0.25) is 0 Å². The molecule has 3 aromatic heterocycles. The molecule has 0 radical (unpaired) electrons. The highest BCUT2D eigenvalue weighted by molar-refractivity contribution is 5.86. The molecule has 0 amide bonds. The molecule has 4 aromatic rings. The summed E-state index contributed by atoms with van der Waals surface area (Å²) in [7, 11) is 0. The molecule has 2 aliphatic carbocycles. The molecular weight excluding hydrogens is 531 g/mol. The van der Waals surface area contributed by atoms with Crippen LogP contribution in [0.2, 0.25) is 0 Å². The molecule has 2 fully saturated rings. The van der Waals surface area contributed by atoms with Crippen LogP contribution in [0.4, 0.5) is 19.0 Å². The normalized spacial score (nSPS) is 25.1. The number of hydrogen-bond acceptors (Lipinski definition) is 6. The number of halogens is 3. The van der Waals surface area contributed by atoms with E-state index in [1.165, 1.54) is 13.3 Å². The zero-order valence-electron chi connectivity index (χ0n) is 23.7. The molecule has 3 heterocycles. The zero-order chi connectivity index (χ0) is 29.1. The number of alkyl halides is 3. The van der Waals surface area contributed by atoms with Gasteiger partial charge in [-0.05, 0) is 88.5 Å². The molecule has 0 spiro atoms. The molecule has 41 heavy (non-hydrogen) atoms. The smallest absolute Gasteiger partial charge is 0.391 e. The average molecular weight is 570 g/mol. The molecule has 220 valence electrons. The number of aliphatic hydroxyl groups excluding tert-OH is 1. The van der Waals surface area contributed by atoms with Crippen LogP contribution >= 0.6 is 0 Å². The predicted molar refractivity (Wildman–Crippen MR) is 152 cm³/mol. The summed E-state index contributed by atoms with van der Waals surface area (Å²) >= 11 is 0. The molecule has 4 N–H and O–H groups in total. The van der Waals surface area contributed by atoms with Crippen LogP contribution < -0.4 is 5.73 Å². The predicted octanol–water partition coefficient (Wildman–Crippen LogP) is 5.65. The van der Waals surface area contributed by atoms with Crippen molar-refractivity contribution in [3.8, 4) is 0 Å². The van der Waals surface area contributed by atoms with Crippen molar-refractivity contribution in [1.82, 2.24) is 29.4 Å². The zero-order valence-corrected chi connectivity index (χ0v) is 23.7. The molecule has 8 nitrogen and oxygen atoms in total. The van der Waals surface area contributed by atoms with E-state index in [1.54, 1.807) is 6.07 Å². The summed E-state index contributed by atoms with van der Waals surface area (Å²) in [6.07, 6.45) is 4.15. The Labute approximate surface area is 237 Å². The van der Waals surface area contributed by atoms with Crippen LogP contribution in [0.25, 0.3) is 22.1 Å². The van der Waals surface area contributed by atoms with Gasteiger partial charge in [0.05, 0.1) is 34.1 Å². The number of nitrogens with zero attached hydrogens (tertiary/aromatic N) is 5. The number of nitrogens with one attached hydrogen (secondary N) is 1. The van der Waals surface area contributed by atoms with Crippen LogP contribution in [0.1, 0.15) is 68.9 Å². The fraction of sp³-hybridized carbons (Fsp3) is 0.567. The Hall–Kier alpha value is -3.18. The van der Waals surface area contributed by atoms with Gasteiger partial charge in [-0.1, -0.05) is 0 Å². The number of nitrogens with two attached hydrogens (primary N) is 1. The highest BCUT2D eigenvalue weighted by atomic mass is 19.4. The molecule has 0 aliphatic heterocycles. The van der Waals surface area contributed by atoms with E-state index in [0.29, 0.717) is 40.8 Å². The number of fused-ring (bicyclic) bond motifs is 2. The molecule has 6 rings (SSSR count). The Morgan fingerprint density at radius 2 is 1.93 bits per heavy atom. The number of hydrogen-bond donors (Lipinski definition) is 3. The van der Waals surface area contributed by atoms with E-state index in [9.17, 15) is 18.3 Å². The first kappa shape index (κ1) is 28.0. The fourth-order valence-corrected chi connectivity index (χ4v) is 7.07. The van der Waals surface area contributed by atoms with Crippen molar-refractivity contribution < 1.29 is 18.3 Å². The van der Waals surface area contributed by atoms with Crippen molar-refractivity contribution in [2.75, 3.05) is 12.3 Å². The minimum absolute atomic E-state index is 0.0326. The molecule has 2 aliphatic rings. The van der Waals surface area contributed by atoms with E-state index in [2.05, 4.69) is 43.3 Å². The van der Waals surface area contributed by atoms with Crippen molar-refractivity contribution in [3.63, 3.8) is 0 Å². The van der Waals surface area contributed by atoms with Gasteiger partial charge in [0.1, 0.15) is 23.6 Å². The second kappa shape index (κ2) is 10.6. The maximum atomic E-state index is 13.3. The number of aromatic nitrogens is 5. The lowest BCUT2D eigenvalue weighted by molar-refractivity contribution is -0.137. The van der Waals surface area contributed by atoms with Crippen LogP contribution in [-0.4, -0.2) is 59.2 Å². The van der Waals surface area contributed by atoms with E-state index >= 15 is 0 Å². The monoisotopic (exact) mass is 569 g/mol. The summed E-state index contributed by atoms with van der Waals surface area (Å²) in [5.41, 5.74) is 7.39. The van der Waals surface area contributed by atoms with Gasteiger partial charge in [0.25, 0.3) is 0 Å². The van der Waals surface area contributed by atoms with Gasteiger partial charge in [-0.15, -0.1) is 0 Å². The average Bonchev–Trinajstić information content (AvgIpc) is 3.57. The van der Waals surface area contributed by atoms with Crippen molar-refractivity contribution in [2.24, 2.45) is 11.8 Å². The molecule has 0 bridgehead atoms. The van der Waals surface area contributed by atoms with E-state index in [4.69, 9.17) is 5.73 Å². The largest absolute Gasteiger partial charge is 0.416 e. The molecule has 11 heteroatoms. The fourth-order valence-electron chi connectivity index (χ4n) is 7.07. The van der Waals surface area contributed by atoms with E-state index in [0.717, 1.165) is 68.0 Å². The summed E-state index contributed by atoms with van der Waals surface area (Å²) in [5, 5.41) is 11.8. The Morgan fingerprint density at radius 1 is 1.15 bits per heavy atom. The third-order valence-corrected chi connectivity index (χ3v) is 9.28. The van der Waals surface area contributed by atoms with Crippen LogP contribution in [0.15, 0.2) is 30.7 Å². The summed E-state index contributed by atoms with van der Waals surface area (Å²) in [4.78, 5) is 18.8. The Balaban J connectivity index is 1.04. The lowest BCUT2D eigenvalue weighted by Crippen LogP contribution is -2.49. The number of aryl methyl sites for hydroxylation is 2. The molecule has 3 atom stereocenters. The number of benzene rings is 1. The van der Waals surface area contributed by atoms with Crippen molar-refractivity contribution in [1.29, 1.82) is 0 Å². The summed E-state index contributed by atoms with van der Waals surface area (Å²) in [6, 6.07) is 5.49. The Kier molecular flexibility index (Phi) is 7.22. The second-order valence-corrected chi connectivity index (χ2v) is 12.4. The van der Waals surface area contributed by atoms with Gasteiger partial charge in [-0.3, -0.25) is 4.90 Å². The molecular formula is C30H38F3N7O. The maximum Gasteiger partial charge on any atom is 0.416 e. The number of nitrogen functional groups attached to an aromatic ring is 1. The van der Waals surface area contributed by atoms with E-state index < -0.39 is 17.8 Å². The highest BCUT2D eigenvalue weighted by Crippen LogP contribution is 2.41. The maximum absolute atomic E-state index is 13.3. The van der Waals surface area contributed by atoms with E-state index in [1.807, 2.05) is 12.3 Å². The van der Waals surface area contributed by atoms with Crippen LogP contribution in [0.5, 0.6) is 0 Å². The standard InChI is InChI=1S/C30H38F3N7O/c1-16(2)40(14-19-11-25(26(41)12-19)39-7-6-21-28(34)35-15-36-29(21)39)20-9-18(10-20)4-5-27-37-23-8-17(3)22(30(31,32)33)13-24(23)38-27/h6-8,13,15-16,18-20,25-26,41H,4-5,9-12,14H2,1-3H3,(H,37,38)(H2,34,35,36)/t18?,19-,20?,25+,26+/m0/s1. The number of anilines is 1. The lowest BCUT2D eigenvalue weighted by atomic mass is 9.76. The van der Waals surface area contributed by atoms with Gasteiger partial charge < -0.3 is 20.4 Å². The Morgan fingerprint density at radius 3 is 2.66 bits per heavy atom. The molecule has 2 saturated carbocycles. The van der Waals surface area contributed by atoms with Crippen LogP contribution in [0, 0.1) is 18.8 Å². The third kappa shape index (κ3) is 5.41. The summed E-state index contributed by atoms with van der Waals surface area (Å²) in [5.74, 6) is 2.15. The SMILES string of the molecule is Cc1cc2[nH]c(CCC3CC(N(C[C@@H]4C[C@@H](O)[C@H](n5ccc6c(N)ncnc65)C4)C(C)C)C3)nc2cc1C(F)(F)F. The highest BCUT2D eigenvalue weighted by Gasteiger charge is 2.40. The van der Waals surface area contributed by atoms with Gasteiger partial charge in [0, 0.05) is 31.2 Å². The van der Waals surface area contributed by atoms with Crippen molar-refractivity contribution >= 4 is 27.9 Å². The van der Waals surface area contributed by atoms with Gasteiger partial charge in [0.15, 0.2) is 0 Å². The first-order chi connectivity index (χ1) is 19.5. The summed E-state index contributed by atoms with van der Waals surface area (Å²) < 4.78 is 41.9. The third-order valence-electron chi connectivity index (χ3n) is 9.28. The number of H-pyrrole nitrogens is 1. The van der Waals surface area contributed by atoms with Crippen LogP contribution in [0.3, 0.4) is 0 Å². The quantitative estimate of drug-likeness (QED) is 0.253. The number of imidazole rings is 1. The Bertz CT molecular complexity index is 1540.